The van der Waals surface area contributed by atoms with Crippen LogP contribution in [0, 0.1) is 6.29 Å². The predicted octanol–water partition coefficient (Wildman–Crippen LogP) is 1.28. The van der Waals surface area contributed by atoms with Crippen molar-refractivity contribution in [2.24, 2.45) is 0 Å². The van der Waals surface area contributed by atoms with Crippen molar-refractivity contribution in [3.8, 4) is 0 Å². The van der Waals surface area contributed by atoms with Gasteiger partial charge in [-0.15, -0.1) is 0 Å². The highest BCUT2D eigenvalue weighted by Gasteiger charge is 2.11. The highest BCUT2D eigenvalue weighted by atomic mass is 16.7. The third-order valence-corrected chi connectivity index (χ3v) is 1.18. The normalized spacial score (nSPS) is 10.2. The van der Waals surface area contributed by atoms with Crippen LogP contribution in [0.4, 0.5) is 0 Å². The largest absolute Gasteiger partial charge is 0.423 e. The minimum atomic E-state index is -0.477. The number of carbonyl (C=O) groups excluding carboxylic acids is 1. The number of rotatable bonds is 6. The second kappa shape index (κ2) is 6.62. The second-order valence-electron chi connectivity index (χ2n) is 2.50. The van der Waals surface area contributed by atoms with Gasteiger partial charge in [0.25, 0.3) is 6.29 Å². The van der Waals surface area contributed by atoms with Crippen LogP contribution in [0.3, 0.4) is 0 Å². The fourth-order valence-electron chi connectivity index (χ4n) is 0.516. The van der Waals surface area contributed by atoms with Crippen molar-refractivity contribution < 1.29 is 19.0 Å². The van der Waals surface area contributed by atoms with Gasteiger partial charge in [-0.3, -0.25) is 0 Å². The molecule has 0 aromatic carbocycles. The molecule has 75 valence electrons. The number of carbonyl (C=O) groups is 1. The maximum absolute atomic E-state index is 10.9. The molecule has 0 unspecified atom stereocenters. The average Bonchev–Trinajstić information content (AvgIpc) is 2.04. The molecule has 0 fully saturated rings. The van der Waals surface area contributed by atoms with Gasteiger partial charge in [0.2, 0.25) is 0 Å². The number of hydrogen-bond donors (Lipinski definition) is 0. The standard InChI is InChI=1S/C9H15O4/c1-7(2)9(10)13-8(3)12-6-5-11-4/h1,5-6H2,2-4H3. The van der Waals surface area contributed by atoms with Crippen LogP contribution in [0.25, 0.3) is 0 Å². The van der Waals surface area contributed by atoms with Gasteiger partial charge in [-0.25, -0.2) is 4.79 Å². The van der Waals surface area contributed by atoms with Gasteiger partial charge in [0.05, 0.1) is 13.2 Å². The van der Waals surface area contributed by atoms with E-state index in [-0.39, 0.29) is 6.29 Å². The number of ether oxygens (including phenoxy) is 3. The van der Waals surface area contributed by atoms with E-state index in [2.05, 4.69) is 6.58 Å². The van der Waals surface area contributed by atoms with Crippen molar-refractivity contribution in [2.45, 2.75) is 13.8 Å². The van der Waals surface area contributed by atoms with Gasteiger partial charge in [0.1, 0.15) is 0 Å². The monoisotopic (exact) mass is 187 g/mol. The van der Waals surface area contributed by atoms with E-state index in [1.165, 1.54) is 0 Å². The zero-order valence-corrected chi connectivity index (χ0v) is 8.25. The van der Waals surface area contributed by atoms with Gasteiger partial charge in [0, 0.05) is 19.6 Å². The van der Waals surface area contributed by atoms with E-state index < -0.39 is 5.97 Å². The fraction of sp³-hybridized carbons (Fsp3) is 0.556. The predicted molar refractivity (Wildman–Crippen MR) is 47.7 cm³/mol. The maximum Gasteiger partial charge on any atom is 0.335 e. The lowest BCUT2D eigenvalue weighted by atomic mass is 10.4. The molecule has 0 aliphatic heterocycles. The van der Waals surface area contributed by atoms with Crippen molar-refractivity contribution in [3.05, 3.63) is 18.4 Å². The molecule has 0 spiro atoms. The Labute approximate surface area is 78.5 Å². The first-order chi connectivity index (χ1) is 6.07. The second-order valence-corrected chi connectivity index (χ2v) is 2.50. The number of methoxy groups -OCH3 is 1. The van der Waals surface area contributed by atoms with Crippen LogP contribution >= 0.6 is 0 Å². The first-order valence-electron chi connectivity index (χ1n) is 3.91. The van der Waals surface area contributed by atoms with E-state index in [4.69, 9.17) is 14.2 Å². The molecule has 0 aliphatic rings. The molecule has 0 heterocycles. The van der Waals surface area contributed by atoms with Crippen LogP contribution < -0.4 is 0 Å². The van der Waals surface area contributed by atoms with Gasteiger partial charge in [0.15, 0.2) is 0 Å². The Morgan fingerprint density at radius 3 is 2.38 bits per heavy atom. The Bertz CT molecular complexity index is 176. The molecule has 0 aromatic rings. The van der Waals surface area contributed by atoms with E-state index in [0.717, 1.165) is 0 Å². The van der Waals surface area contributed by atoms with Gasteiger partial charge in [-0.1, -0.05) is 6.58 Å². The van der Waals surface area contributed by atoms with E-state index in [0.29, 0.717) is 18.8 Å². The van der Waals surface area contributed by atoms with Crippen molar-refractivity contribution in [1.29, 1.82) is 0 Å². The molecule has 1 radical (unpaired) electrons. The number of esters is 1. The quantitative estimate of drug-likeness (QED) is 0.357. The van der Waals surface area contributed by atoms with Crippen molar-refractivity contribution in [3.63, 3.8) is 0 Å². The summed E-state index contributed by atoms with van der Waals surface area (Å²) >= 11 is 0. The summed E-state index contributed by atoms with van der Waals surface area (Å²) in [4.78, 5) is 10.9. The van der Waals surface area contributed by atoms with Crippen molar-refractivity contribution in [1.82, 2.24) is 0 Å². The molecule has 0 saturated heterocycles. The molecule has 0 aromatic heterocycles. The first kappa shape index (κ1) is 12.1. The lowest BCUT2D eigenvalue weighted by Crippen LogP contribution is -2.13. The molecule has 13 heavy (non-hydrogen) atoms. The summed E-state index contributed by atoms with van der Waals surface area (Å²) in [5.74, 6) is -0.477. The third kappa shape index (κ3) is 6.31. The first-order valence-corrected chi connectivity index (χ1v) is 3.91. The zero-order valence-electron chi connectivity index (χ0n) is 8.25. The van der Waals surface area contributed by atoms with Crippen LogP contribution in [-0.2, 0) is 19.0 Å². The molecule has 4 nitrogen and oxygen atoms in total. The van der Waals surface area contributed by atoms with E-state index in [1.54, 1.807) is 21.0 Å². The molecular weight excluding hydrogens is 172 g/mol. The highest BCUT2D eigenvalue weighted by molar-refractivity contribution is 5.87. The Morgan fingerprint density at radius 2 is 1.92 bits per heavy atom. The van der Waals surface area contributed by atoms with Crippen LogP contribution in [0.5, 0.6) is 0 Å². The average molecular weight is 187 g/mol. The Hall–Kier alpha value is -0.870. The summed E-state index contributed by atoms with van der Waals surface area (Å²) in [6.45, 7) is 7.40. The van der Waals surface area contributed by atoms with Gasteiger partial charge in [-0.05, 0) is 6.92 Å². The highest BCUT2D eigenvalue weighted by Crippen LogP contribution is 2.06. The summed E-state index contributed by atoms with van der Waals surface area (Å²) in [6, 6.07) is 0. The Kier molecular flexibility index (Phi) is 6.18. The third-order valence-electron chi connectivity index (χ3n) is 1.18. The summed E-state index contributed by atoms with van der Waals surface area (Å²) in [7, 11) is 1.57. The zero-order chi connectivity index (χ0) is 10.3. The summed E-state index contributed by atoms with van der Waals surface area (Å²) < 4.78 is 14.5. The molecule has 0 amide bonds. The molecule has 0 rings (SSSR count). The summed E-state index contributed by atoms with van der Waals surface area (Å²) in [5, 5.41) is 0. The van der Waals surface area contributed by atoms with Crippen molar-refractivity contribution >= 4 is 5.97 Å². The topological polar surface area (TPSA) is 44.8 Å². The molecule has 0 atom stereocenters. The smallest absolute Gasteiger partial charge is 0.335 e. The molecule has 0 aliphatic carbocycles. The van der Waals surface area contributed by atoms with E-state index >= 15 is 0 Å². The number of hydrogen-bond acceptors (Lipinski definition) is 4. The SMILES string of the molecule is C=C(C)C(=O)O[C](C)OCCOC. The summed E-state index contributed by atoms with van der Waals surface area (Å²) in [6.07, 6.45) is 0.213. The van der Waals surface area contributed by atoms with Crippen molar-refractivity contribution in [2.75, 3.05) is 20.3 Å². The maximum atomic E-state index is 10.9. The summed E-state index contributed by atoms with van der Waals surface area (Å²) in [5.41, 5.74) is 0.342. The molecule has 0 bridgehead atoms. The van der Waals surface area contributed by atoms with Gasteiger partial charge in [-0.2, -0.15) is 0 Å². The van der Waals surface area contributed by atoms with Gasteiger partial charge < -0.3 is 14.2 Å². The lowest BCUT2D eigenvalue weighted by molar-refractivity contribution is -0.149. The molecule has 0 saturated carbocycles. The van der Waals surface area contributed by atoms with Crippen LogP contribution in [0.1, 0.15) is 13.8 Å². The lowest BCUT2D eigenvalue weighted by Gasteiger charge is -2.11. The Balaban J connectivity index is 3.55. The minimum absolute atomic E-state index is 0.213. The van der Waals surface area contributed by atoms with Crippen LogP contribution in [0.15, 0.2) is 12.2 Å². The van der Waals surface area contributed by atoms with E-state index in [9.17, 15) is 4.79 Å². The van der Waals surface area contributed by atoms with E-state index in [1.807, 2.05) is 0 Å². The molecule has 4 heteroatoms. The molecule has 0 N–H and O–H groups in total. The van der Waals surface area contributed by atoms with Crippen LogP contribution in [-0.4, -0.2) is 26.3 Å². The minimum Gasteiger partial charge on any atom is -0.423 e. The van der Waals surface area contributed by atoms with Crippen LogP contribution in [0.2, 0.25) is 0 Å². The van der Waals surface area contributed by atoms with Gasteiger partial charge >= 0.3 is 5.97 Å². The Morgan fingerprint density at radius 1 is 1.31 bits per heavy atom. The molecular formula is C9H15O4. The fourth-order valence-corrected chi connectivity index (χ4v) is 0.516.